The Hall–Kier alpha value is -0.930. The Morgan fingerprint density at radius 1 is 1.30 bits per heavy atom. The number of benzene rings is 1. The Morgan fingerprint density at radius 2 is 1.95 bits per heavy atom. The molecule has 0 radical (unpaired) electrons. The third-order valence-electron chi connectivity index (χ3n) is 4.19. The summed E-state index contributed by atoms with van der Waals surface area (Å²) in [4.78, 5) is 12.6. The van der Waals surface area contributed by atoms with Gasteiger partial charge in [-0.05, 0) is 24.5 Å². The van der Waals surface area contributed by atoms with Crippen LogP contribution in [0.2, 0.25) is 5.02 Å². The molecule has 1 aromatic carbocycles. The molecule has 0 N–H and O–H groups in total. The van der Waals surface area contributed by atoms with Crippen molar-refractivity contribution in [3.63, 3.8) is 0 Å². The number of ketones is 1. The van der Waals surface area contributed by atoms with Crippen LogP contribution in [0.4, 0.5) is 4.39 Å². The summed E-state index contributed by atoms with van der Waals surface area (Å²) in [6, 6.07) is 4.58. The zero-order chi connectivity index (χ0) is 14.6. The lowest BCUT2D eigenvalue weighted by atomic mass is 9.86. The van der Waals surface area contributed by atoms with E-state index in [1.54, 1.807) is 19.2 Å². The minimum atomic E-state index is -0.716. The molecule has 0 heterocycles. The van der Waals surface area contributed by atoms with E-state index >= 15 is 0 Å². The number of Topliss-reactive ketones (excluding diaryl/α,β-unsaturated/α-hetero) is 1. The summed E-state index contributed by atoms with van der Waals surface area (Å²) < 4.78 is 19.0. The Morgan fingerprint density at radius 3 is 2.55 bits per heavy atom. The molecule has 0 amide bonds. The highest BCUT2D eigenvalue weighted by molar-refractivity contribution is 6.31. The molecule has 110 valence electrons. The molecule has 0 unspecified atom stereocenters. The second kappa shape index (κ2) is 6.68. The van der Waals surface area contributed by atoms with Gasteiger partial charge in [-0.1, -0.05) is 49.4 Å². The van der Waals surface area contributed by atoms with Gasteiger partial charge in [-0.15, -0.1) is 0 Å². The van der Waals surface area contributed by atoms with E-state index in [1.165, 1.54) is 6.07 Å². The average molecular weight is 299 g/mol. The van der Waals surface area contributed by atoms with Crippen LogP contribution in [-0.4, -0.2) is 18.5 Å². The van der Waals surface area contributed by atoms with Crippen molar-refractivity contribution in [2.45, 2.75) is 50.5 Å². The van der Waals surface area contributed by atoms with E-state index in [0.29, 0.717) is 5.56 Å². The number of carbonyl (C=O) groups is 1. The Bertz CT molecular complexity index is 479. The smallest absolute Gasteiger partial charge is 0.169 e. The summed E-state index contributed by atoms with van der Waals surface area (Å²) in [6.45, 7) is 0. The summed E-state index contributed by atoms with van der Waals surface area (Å²) in [6.07, 6.45) is 5.89. The highest BCUT2D eigenvalue weighted by atomic mass is 35.5. The molecule has 0 atom stereocenters. The Labute approximate surface area is 124 Å². The van der Waals surface area contributed by atoms with Crippen molar-refractivity contribution in [1.82, 2.24) is 0 Å². The van der Waals surface area contributed by atoms with Gasteiger partial charge >= 0.3 is 0 Å². The fourth-order valence-corrected chi connectivity index (χ4v) is 3.11. The first-order chi connectivity index (χ1) is 9.59. The molecule has 0 aromatic heterocycles. The molecule has 2 nitrogen and oxygen atoms in total. The minimum Gasteiger partial charge on any atom is -0.370 e. The number of hydrogen-bond acceptors (Lipinski definition) is 2. The molecule has 1 aliphatic carbocycles. The molecular weight excluding hydrogens is 279 g/mol. The van der Waals surface area contributed by atoms with Gasteiger partial charge in [0.1, 0.15) is 11.4 Å². The zero-order valence-electron chi connectivity index (χ0n) is 11.8. The van der Waals surface area contributed by atoms with Gasteiger partial charge in [-0.25, -0.2) is 4.39 Å². The molecule has 1 aliphatic rings. The van der Waals surface area contributed by atoms with E-state index in [0.717, 1.165) is 38.5 Å². The van der Waals surface area contributed by atoms with E-state index in [1.807, 2.05) is 0 Å². The van der Waals surface area contributed by atoms with Crippen molar-refractivity contribution < 1.29 is 13.9 Å². The molecule has 1 fully saturated rings. The largest absolute Gasteiger partial charge is 0.370 e. The summed E-state index contributed by atoms with van der Waals surface area (Å²) >= 11 is 5.93. The van der Waals surface area contributed by atoms with Gasteiger partial charge in [-0.2, -0.15) is 0 Å². The highest BCUT2D eigenvalue weighted by Crippen LogP contribution is 2.32. The fraction of sp³-hybridized carbons (Fsp3) is 0.562. The van der Waals surface area contributed by atoms with Crippen molar-refractivity contribution in [2.24, 2.45) is 0 Å². The molecule has 0 spiro atoms. The van der Waals surface area contributed by atoms with Crippen LogP contribution in [0.3, 0.4) is 0 Å². The first-order valence-electron chi connectivity index (χ1n) is 7.10. The average Bonchev–Trinajstić information content (AvgIpc) is 2.70. The van der Waals surface area contributed by atoms with Crippen LogP contribution >= 0.6 is 11.6 Å². The molecule has 2 rings (SSSR count). The van der Waals surface area contributed by atoms with Crippen LogP contribution in [0.1, 0.15) is 44.1 Å². The molecule has 0 saturated heterocycles. The third kappa shape index (κ3) is 3.21. The van der Waals surface area contributed by atoms with Crippen molar-refractivity contribution in [3.8, 4) is 0 Å². The summed E-state index contributed by atoms with van der Waals surface area (Å²) in [5.41, 5.74) is -0.177. The first kappa shape index (κ1) is 15.5. The summed E-state index contributed by atoms with van der Waals surface area (Å²) in [5, 5.41) is 0.0423. The molecule has 1 aromatic rings. The van der Waals surface area contributed by atoms with Crippen molar-refractivity contribution >= 4 is 17.4 Å². The maximum absolute atomic E-state index is 13.4. The van der Waals surface area contributed by atoms with E-state index < -0.39 is 11.4 Å². The van der Waals surface area contributed by atoms with Crippen LogP contribution in [0.15, 0.2) is 18.2 Å². The van der Waals surface area contributed by atoms with Gasteiger partial charge in [0.15, 0.2) is 5.78 Å². The normalized spacial score (nSPS) is 18.6. The van der Waals surface area contributed by atoms with E-state index in [9.17, 15) is 9.18 Å². The SMILES string of the molecule is COC1(C(=O)Cc2cccc(F)c2Cl)CCCCCC1. The topological polar surface area (TPSA) is 26.3 Å². The number of ether oxygens (including phenoxy) is 1. The zero-order valence-corrected chi connectivity index (χ0v) is 12.5. The maximum atomic E-state index is 13.4. The van der Waals surface area contributed by atoms with Gasteiger partial charge in [0.25, 0.3) is 0 Å². The second-order valence-corrected chi connectivity index (χ2v) is 5.80. The van der Waals surface area contributed by atoms with Crippen molar-refractivity contribution in [1.29, 1.82) is 0 Å². The highest BCUT2D eigenvalue weighted by Gasteiger charge is 2.38. The number of rotatable bonds is 4. The molecule has 4 heteroatoms. The number of hydrogen-bond donors (Lipinski definition) is 0. The van der Waals surface area contributed by atoms with E-state index in [4.69, 9.17) is 16.3 Å². The monoisotopic (exact) mass is 298 g/mol. The predicted octanol–water partition coefficient (Wildman–Crippen LogP) is 4.33. The van der Waals surface area contributed by atoms with Gasteiger partial charge in [0, 0.05) is 13.5 Å². The standard InChI is InChI=1S/C16H20ClFO2/c1-20-16(9-4-2-3-5-10-16)14(19)11-12-7-6-8-13(18)15(12)17/h6-8H,2-5,9-11H2,1H3. The Balaban J connectivity index is 2.18. The molecular formula is C16H20ClFO2. The van der Waals surface area contributed by atoms with Gasteiger partial charge in [-0.3, -0.25) is 4.79 Å². The first-order valence-corrected chi connectivity index (χ1v) is 7.48. The predicted molar refractivity (Wildman–Crippen MR) is 77.6 cm³/mol. The van der Waals surface area contributed by atoms with Crippen LogP contribution in [-0.2, 0) is 16.0 Å². The fourth-order valence-electron chi connectivity index (χ4n) is 2.92. The van der Waals surface area contributed by atoms with Crippen molar-refractivity contribution in [2.75, 3.05) is 7.11 Å². The maximum Gasteiger partial charge on any atom is 0.169 e. The lowest BCUT2D eigenvalue weighted by Crippen LogP contribution is -2.41. The van der Waals surface area contributed by atoms with Crippen LogP contribution in [0.5, 0.6) is 0 Å². The van der Waals surface area contributed by atoms with Crippen LogP contribution < -0.4 is 0 Å². The number of methoxy groups -OCH3 is 1. The number of carbonyl (C=O) groups excluding carboxylic acids is 1. The van der Waals surface area contributed by atoms with Gasteiger partial charge in [0.2, 0.25) is 0 Å². The molecule has 0 aliphatic heterocycles. The molecule has 20 heavy (non-hydrogen) atoms. The Kier molecular flexibility index (Phi) is 5.17. The molecule has 1 saturated carbocycles. The summed E-state index contributed by atoms with van der Waals surface area (Å²) in [7, 11) is 1.59. The number of halogens is 2. The van der Waals surface area contributed by atoms with Crippen molar-refractivity contribution in [3.05, 3.63) is 34.6 Å². The quantitative estimate of drug-likeness (QED) is 0.773. The van der Waals surface area contributed by atoms with E-state index in [2.05, 4.69) is 0 Å². The minimum absolute atomic E-state index is 0.00870. The van der Waals surface area contributed by atoms with E-state index in [-0.39, 0.29) is 17.2 Å². The second-order valence-electron chi connectivity index (χ2n) is 5.43. The lowest BCUT2D eigenvalue weighted by Gasteiger charge is -2.30. The van der Waals surface area contributed by atoms with Crippen LogP contribution in [0, 0.1) is 5.82 Å². The van der Waals surface area contributed by atoms with Crippen LogP contribution in [0.25, 0.3) is 0 Å². The summed E-state index contributed by atoms with van der Waals surface area (Å²) in [5.74, 6) is -0.473. The van der Waals surface area contributed by atoms with Gasteiger partial charge < -0.3 is 4.74 Å². The third-order valence-corrected chi connectivity index (χ3v) is 4.62. The lowest BCUT2D eigenvalue weighted by molar-refractivity contribution is -0.142. The van der Waals surface area contributed by atoms with Gasteiger partial charge in [0.05, 0.1) is 5.02 Å². The molecule has 0 bridgehead atoms.